The van der Waals surface area contributed by atoms with Crippen molar-refractivity contribution in [2.24, 2.45) is 5.92 Å². The summed E-state index contributed by atoms with van der Waals surface area (Å²) in [5.41, 5.74) is 2.24. The summed E-state index contributed by atoms with van der Waals surface area (Å²) >= 11 is 1.45. The van der Waals surface area contributed by atoms with Crippen LogP contribution >= 0.6 is 11.3 Å². The number of nitrogens with one attached hydrogen (secondary N) is 1. The fraction of sp³-hybridized carbons (Fsp3) is 0.600. The number of amides is 1. The van der Waals surface area contributed by atoms with Gasteiger partial charge >= 0.3 is 0 Å². The minimum atomic E-state index is -0.0228. The molecule has 0 aromatic carbocycles. The second-order valence-corrected chi connectivity index (χ2v) is 4.68. The summed E-state index contributed by atoms with van der Waals surface area (Å²) in [4.78, 5) is 15.6. The van der Waals surface area contributed by atoms with Crippen molar-refractivity contribution in [3.8, 4) is 0 Å². The molecule has 1 aliphatic carbocycles. The molecule has 1 saturated carbocycles. The van der Waals surface area contributed by atoms with Crippen molar-refractivity contribution in [1.29, 1.82) is 0 Å². The Bertz CT molecular complexity index is 310. The van der Waals surface area contributed by atoms with Gasteiger partial charge in [-0.1, -0.05) is 6.92 Å². The zero-order valence-corrected chi connectivity index (χ0v) is 9.01. The van der Waals surface area contributed by atoms with Crippen molar-refractivity contribution in [2.45, 2.75) is 32.2 Å². The number of thiazole rings is 1. The van der Waals surface area contributed by atoms with E-state index in [1.54, 1.807) is 10.9 Å². The first-order valence-corrected chi connectivity index (χ1v) is 5.89. The third-order valence-corrected chi connectivity index (χ3v) is 3.28. The summed E-state index contributed by atoms with van der Waals surface area (Å²) < 4.78 is 0. The average molecular weight is 210 g/mol. The molecule has 1 heterocycles. The number of rotatable bonds is 2. The van der Waals surface area contributed by atoms with E-state index in [0.29, 0.717) is 11.7 Å². The van der Waals surface area contributed by atoms with E-state index in [4.69, 9.17) is 0 Å². The lowest BCUT2D eigenvalue weighted by atomic mass is 10.1. The first-order valence-electron chi connectivity index (χ1n) is 4.95. The number of hydrogen-bond donors (Lipinski definition) is 1. The van der Waals surface area contributed by atoms with Crippen LogP contribution in [0.5, 0.6) is 0 Å². The normalized spacial score (nSPS) is 26.4. The Balaban J connectivity index is 1.89. The smallest absolute Gasteiger partial charge is 0.270 e. The zero-order valence-electron chi connectivity index (χ0n) is 8.19. The van der Waals surface area contributed by atoms with Gasteiger partial charge < -0.3 is 5.32 Å². The summed E-state index contributed by atoms with van der Waals surface area (Å²) in [6, 6.07) is 0.360. The molecule has 1 amide bonds. The third-order valence-electron chi connectivity index (χ3n) is 2.69. The van der Waals surface area contributed by atoms with E-state index in [9.17, 15) is 4.79 Å². The molecule has 1 aromatic rings. The standard InChI is InChI=1S/C10H14N2OS/c1-7-2-3-8(4-7)12-10(13)9-5-14-6-11-9/h5-8H,2-4H2,1H3,(H,12,13). The van der Waals surface area contributed by atoms with E-state index in [-0.39, 0.29) is 5.91 Å². The predicted molar refractivity (Wildman–Crippen MR) is 56.4 cm³/mol. The van der Waals surface area contributed by atoms with E-state index in [1.807, 2.05) is 0 Å². The lowest BCUT2D eigenvalue weighted by Crippen LogP contribution is -2.33. The van der Waals surface area contributed by atoms with Crippen molar-refractivity contribution < 1.29 is 4.79 Å². The highest BCUT2D eigenvalue weighted by molar-refractivity contribution is 7.07. The van der Waals surface area contributed by atoms with Gasteiger partial charge in [0.2, 0.25) is 0 Å². The molecular formula is C10H14N2OS. The topological polar surface area (TPSA) is 42.0 Å². The molecule has 4 heteroatoms. The van der Waals surface area contributed by atoms with Crippen molar-refractivity contribution in [2.75, 3.05) is 0 Å². The molecule has 0 bridgehead atoms. The maximum absolute atomic E-state index is 11.6. The molecule has 0 saturated heterocycles. The number of nitrogens with zero attached hydrogens (tertiary/aromatic N) is 1. The van der Waals surface area contributed by atoms with Gasteiger partial charge in [-0.2, -0.15) is 0 Å². The van der Waals surface area contributed by atoms with Crippen LogP contribution in [0.1, 0.15) is 36.7 Å². The second-order valence-electron chi connectivity index (χ2n) is 3.96. The summed E-state index contributed by atoms with van der Waals surface area (Å²) in [6.07, 6.45) is 3.44. The van der Waals surface area contributed by atoms with Crippen LogP contribution < -0.4 is 5.32 Å². The predicted octanol–water partition coefficient (Wildman–Crippen LogP) is 2.06. The van der Waals surface area contributed by atoms with E-state index in [2.05, 4.69) is 17.2 Å². The lowest BCUT2D eigenvalue weighted by Gasteiger charge is -2.10. The second kappa shape index (κ2) is 4.09. The van der Waals surface area contributed by atoms with Gasteiger partial charge in [0.05, 0.1) is 5.51 Å². The molecule has 0 radical (unpaired) electrons. The van der Waals surface area contributed by atoms with Crippen molar-refractivity contribution >= 4 is 17.2 Å². The molecule has 2 rings (SSSR count). The van der Waals surface area contributed by atoms with Crippen LogP contribution in [0.3, 0.4) is 0 Å². The Morgan fingerprint density at radius 3 is 3.07 bits per heavy atom. The molecule has 0 spiro atoms. The van der Waals surface area contributed by atoms with Crippen molar-refractivity contribution in [1.82, 2.24) is 10.3 Å². The van der Waals surface area contributed by atoms with Crippen molar-refractivity contribution in [3.05, 3.63) is 16.6 Å². The van der Waals surface area contributed by atoms with Gasteiger partial charge in [-0.25, -0.2) is 4.98 Å². The summed E-state index contributed by atoms with van der Waals surface area (Å²) in [5, 5.41) is 4.80. The van der Waals surface area contributed by atoms with Crippen molar-refractivity contribution in [3.63, 3.8) is 0 Å². The Morgan fingerprint density at radius 1 is 1.64 bits per heavy atom. The van der Waals surface area contributed by atoms with Gasteiger partial charge in [0.15, 0.2) is 0 Å². The minimum absolute atomic E-state index is 0.0228. The number of hydrogen-bond acceptors (Lipinski definition) is 3. The summed E-state index contributed by atoms with van der Waals surface area (Å²) in [6.45, 7) is 2.23. The molecule has 3 nitrogen and oxygen atoms in total. The van der Waals surface area contributed by atoms with Gasteiger partial charge in [0, 0.05) is 11.4 Å². The van der Waals surface area contributed by atoms with Gasteiger partial charge in [0.1, 0.15) is 5.69 Å². The molecule has 1 N–H and O–H groups in total. The van der Waals surface area contributed by atoms with Gasteiger partial charge in [-0.3, -0.25) is 4.79 Å². The molecule has 76 valence electrons. The fourth-order valence-electron chi connectivity index (χ4n) is 1.92. The Labute approximate surface area is 87.6 Å². The lowest BCUT2D eigenvalue weighted by molar-refractivity contribution is 0.0933. The maximum Gasteiger partial charge on any atom is 0.270 e. The molecular weight excluding hydrogens is 196 g/mol. The quantitative estimate of drug-likeness (QED) is 0.812. The van der Waals surface area contributed by atoms with Crippen LogP contribution in [0.25, 0.3) is 0 Å². The molecule has 14 heavy (non-hydrogen) atoms. The highest BCUT2D eigenvalue weighted by Gasteiger charge is 2.23. The van der Waals surface area contributed by atoms with Crippen LogP contribution in [0.15, 0.2) is 10.9 Å². The number of carbonyl (C=O) groups excluding carboxylic acids is 1. The molecule has 2 unspecified atom stereocenters. The Hall–Kier alpha value is -0.900. The highest BCUT2D eigenvalue weighted by atomic mass is 32.1. The van der Waals surface area contributed by atoms with Crippen LogP contribution in [0.2, 0.25) is 0 Å². The van der Waals surface area contributed by atoms with E-state index in [1.165, 1.54) is 17.8 Å². The van der Waals surface area contributed by atoms with Crippen LogP contribution in [0, 0.1) is 5.92 Å². The van der Waals surface area contributed by atoms with Gasteiger partial charge in [-0.15, -0.1) is 11.3 Å². The molecule has 1 aliphatic rings. The van der Waals surface area contributed by atoms with E-state index in [0.717, 1.165) is 18.8 Å². The zero-order chi connectivity index (χ0) is 9.97. The van der Waals surface area contributed by atoms with E-state index >= 15 is 0 Å². The first kappa shape index (κ1) is 9.65. The monoisotopic (exact) mass is 210 g/mol. The molecule has 0 aliphatic heterocycles. The fourth-order valence-corrected chi connectivity index (χ4v) is 2.45. The molecule has 2 atom stereocenters. The molecule has 1 aromatic heterocycles. The SMILES string of the molecule is CC1CCC(NC(=O)c2cscn2)C1. The van der Waals surface area contributed by atoms with E-state index < -0.39 is 0 Å². The Morgan fingerprint density at radius 2 is 2.50 bits per heavy atom. The van der Waals surface area contributed by atoms with Gasteiger partial charge in [-0.05, 0) is 25.2 Å². The highest BCUT2D eigenvalue weighted by Crippen LogP contribution is 2.24. The largest absolute Gasteiger partial charge is 0.348 e. The Kier molecular flexibility index (Phi) is 2.82. The van der Waals surface area contributed by atoms with Crippen LogP contribution in [0.4, 0.5) is 0 Å². The van der Waals surface area contributed by atoms with Crippen LogP contribution in [-0.2, 0) is 0 Å². The maximum atomic E-state index is 11.6. The molecule has 1 fully saturated rings. The van der Waals surface area contributed by atoms with Gasteiger partial charge in [0.25, 0.3) is 5.91 Å². The minimum Gasteiger partial charge on any atom is -0.348 e. The first-order chi connectivity index (χ1) is 6.75. The summed E-state index contributed by atoms with van der Waals surface area (Å²) in [5.74, 6) is 0.723. The van der Waals surface area contributed by atoms with Crippen LogP contribution in [-0.4, -0.2) is 16.9 Å². The summed E-state index contributed by atoms with van der Waals surface area (Å²) in [7, 11) is 0. The number of aromatic nitrogens is 1. The third kappa shape index (κ3) is 2.12. The number of carbonyl (C=O) groups is 1. The average Bonchev–Trinajstić information content (AvgIpc) is 2.75.